The summed E-state index contributed by atoms with van der Waals surface area (Å²) in [6, 6.07) is 0.103. The molecule has 2 N–H and O–H groups in total. The fourth-order valence-electron chi connectivity index (χ4n) is 3.34. The number of amides is 1. The molecule has 0 bridgehead atoms. The van der Waals surface area contributed by atoms with Crippen LogP contribution in [0.15, 0.2) is 60.8 Å². The summed E-state index contributed by atoms with van der Waals surface area (Å²) >= 11 is 0. The zero-order valence-corrected chi connectivity index (χ0v) is 16.1. The minimum absolute atomic E-state index is 0.00452. The van der Waals surface area contributed by atoms with Crippen molar-refractivity contribution in [2.75, 3.05) is 13.1 Å². The van der Waals surface area contributed by atoms with E-state index in [0.717, 1.165) is 25.1 Å². The summed E-state index contributed by atoms with van der Waals surface area (Å²) in [6.45, 7) is 15.0. The van der Waals surface area contributed by atoms with Crippen LogP contribution in [-0.2, 0) is 4.79 Å². The summed E-state index contributed by atoms with van der Waals surface area (Å²) in [7, 11) is 0. The van der Waals surface area contributed by atoms with E-state index in [1.807, 2.05) is 54.9 Å². The third-order valence-corrected chi connectivity index (χ3v) is 4.84. The third-order valence-electron chi connectivity index (χ3n) is 4.84. The smallest absolute Gasteiger partial charge is 0.270 e. The number of nitrogens with zero attached hydrogens (tertiary/aromatic N) is 2. The van der Waals surface area contributed by atoms with Crippen molar-refractivity contribution in [3.8, 4) is 0 Å². The molecule has 0 aliphatic carbocycles. The summed E-state index contributed by atoms with van der Waals surface area (Å²) < 4.78 is 0. The molecule has 1 saturated heterocycles. The number of aliphatic hydroxyl groups excluding tert-OH is 1. The topological polar surface area (TPSA) is 55.8 Å². The number of carbonyl (C=O) groups is 1. The molecule has 0 aromatic heterocycles. The van der Waals surface area contributed by atoms with Crippen LogP contribution in [0.1, 0.15) is 33.6 Å². The highest BCUT2D eigenvalue weighted by Crippen LogP contribution is 2.23. The summed E-state index contributed by atoms with van der Waals surface area (Å²) in [5, 5.41) is 13.5. The van der Waals surface area contributed by atoms with E-state index < -0.39 is 6.10 Å². The van der Waals surface area contributed by atoms with E-state index in [9.17, 15) is 9.90 Å². The highest BCUT2D eigenvalue weighted by Gasteiger charge is 2.29. The van der Waals surface area contributed by atoms with Crippen molar-refractivity contribution in [1.82, 2.24) is 15.1 Å². The first-order valence-electron chi connectivity index (χ1n) is 9.28. The average Bonchev–Trinajstić information content (AvgIpc) is 2.65. The maximum absolute atomic E-state index is 13.1. The quantitative estimate of drug-likeness (QED) is 0.767. The van der Waals surface area contributed by atoms with Gasteiger partial charge >= 0.3 is 0 Å². The van der Waals surface area contributed by atoms with Crippen molar-refractivity contribution in [3.05, 3.63) is 60.8 Å². The lowest BCUT2D eigenvalue weighted by atomic mass is 10.0. The molecule has 5 nitrogen and oxygen atoms in total. The first kappa shape index (κ1) is 20.0. The molecule has 2 heterocycles. The van der Waals surface area contributed by atoms with Gasteiger partial charge in [0, 0.05) is 36.7 Å². The van der Waals surface area contributed by atoms with Gasteiger partial charge < -0.3 is 20.2 Å². The average molecular weight is 357 g/mol. The van der Waals surface area contributed by atoms with Crippen LogP contribution < -0.4 is 5.32 Å². The maximum atomic E-state index is 13.1. The van der Waals surface area contributed by atoms with Gasteiger partial charge in [0.05, 0.1) is 6.10 Å². The normalized spacial score (nSPS) is 23.0. The van der Waals surface area contributed by atoms with Crippen LogP contribution in [0.5, 0.6) is 0 Å². The van der Waals surface area contributed by atoms with Gasteiger partial charge in [-0.1, -0.05) is 39.2 Å². The van der Waals surface area contributed by atoms with Gasteiger partial charge in [0.2, 0.25) is 0 Å². The second-order valence-electron chi connectivity index (χ2n) is 7.13. The van der Waals surface area contributed by atoms with Crippen LogP contribution in [0.25, 0.3) is 0 Å². The second kappa shape index (κ2) is 8.90. The van der Waals surface area contributed by atoms with Crippen LogP contribution in [-0.4, -0.2) is 46.0 Å². The van der Waals surface area contributed by atoms with Crippen LogP contribution in [0.4, 0.5) is 0 Å². The van der Waals surface area contributed by atoms with E-state index in [0.29, 0.717) is 17.9 Å². The first-order chi connectivity index (χ1) is 12.4. The Kier molecular flexibility index (Phi) is 6.86. The minimum atomic E-state index is -0.583. The molecule has 2 aliphatic heterocycles. The number of likely N-dealkylation sites (tertiary alicyclic amines) is 1. The minimum Gasteiger partial charge on any atom is -0.387 e. The number of piperidine rings is 1. The molecule has 1 amide bonds. The summed E-state index contributed by atoms with van der Waals surface area (Å²) in [6.07, 6.45) is 10.6. The van der Waals surface area contributed by atoms with E-state index in [2.05, 4.69) is 18.5 Å². The van der Waals surface area contributed by atoms with Gasteiger partial charge in [-0.05, 0) is 37.8 Å². The molecular formula is C21H31N3O2. The molecule has 0 spiro atoms. The van der Waals surface area contributed by atoms with Crippen LogP contribution in [0.2, 0.25) is 0 Å². The fourth-order valence-corrected chi connectivity index (χ4v) is 3.34. The van der Waals surface area contributed by atoms with Crippen LogP contribution in [0.3, 0.4) is 0 Å². The number of hydrogen-bond acceptors (Lipinski definition) is 4. The highest BCUT2D eigenvalue weighted by atomic mass is 16.3. The van der Waals surface area contributed by atoms with Gasteiger partial charge in [0.1, 0.15) is 5.70 Å². The van der Waals surface area contributed by atoms with Crippen molar-refractivity contribution in [3.63, 3.8) is 0 Å². The molecule has 2 aliphatic rings. The zero-order chi connectivity index (χ0) is 19.3. The molecule has 5 heteroatoms. The Balaban J connectivity index is 2.06. The van der Waals surface area contributed by atoms with Gasteiger partial charge in [-0.15, -0.1) is 0 Å². The predicted octanol–water partition coefficient (Wildman–Crippen LogP) is 2.90. The van der Waals surface area contributed by atoms with Gasteiger partial charge in [-0.3, -0.25) is 4.79 Å². The molecule has 2 atom stereocenters. The molecular weight excluding hydrogens is 326 g/mol. The van der Waals surface area contributed by atoms with E-state index in [4.69, 9.17) is 0 Å². The summed E-state index contributed by atoms with van der Waals surface area (Å²) in [5.41, 5.74) is 2.17. The highest BCUT2D eigenvalue weighted by molar-refractivity contribution is 5.94. The molecule has 1 fully saturated rings. The van der Waals surface area contributed by atoms with Crippen molar-refractivity contribution in [2.24, 2.45) is 5.92 Å². The number of rotatable bonds is 6. The largest absolute Gasteiger partial charge is 0.387 e. The van der Waals surface area contributed by atoms with Gasteiger partial charge in [-0.25, -0.2) is 0 Å². The van der Waals surface area contributed by atoms with Crippen molar-refractivity contribution >= 4 is 5.91 Å². The molecule has 142 valence electrons. The Bertz CT molecular complexity index is 646. The molecule has 0 saturated carbocycles. The SMILES string of the molecule is C=CN1C(C(=O)N2CCCC(NC(=C)C(O)C(C)C)C2)=CC=C/C1=C/C. The van der Waals surface area contributed by atoms with Crippen molar-refractivity contribution in [1.29, 1.82) is 0 Å². The first-order valence-corrected chi connectivity index (χ1v) is 9.28. The molecule has 0 radical (unpaired) electrons. The van der Waals surface area contributed by atoms with E-state index >= 15 is 0 Å². The Morgan fingerprint density at radius 1 is 1.46 bits per heavy atom. The van der Waals surface area contributed by atoms with Gasteiger partial charge in [0.25, 0.3) is 5.91 Å². The number of allylic oxidation sites excluding steroid dienone is 4. The Hall–Kier alpha value is -2.27. The van der Waals surface area contributed by atoms with E-state index in [1.54, 1.807) is 6.20 Å². The molecule has 2 unspecified atom stereocenters. The lowest BCUT2D eigenvalue weighted by Gasteiger charge is -2.37. The second-order valence-corrected chi connectivity index (χ2v) is 7.13. The number of aliphatic hydroxyl groups is 1. The number of carbonyl (C=O) groups excluding carboxylic acids is 1. The fraction of sp³-hybridized carbons (Fsp3) is 0.476. The van der Waals surface area contributed by atoms with Crippen molar-refractivity contribution in [2.45, 2.75) is 45.8 Å². The van der Waals surface area contributed by atoms with E-state index in [1.165, 1.54) is 0 Å². The lowest BCUT2D eigenvalue weighted by molar-refractivity contribution is -0.129. The molecule has 0 aromatic rings. The third kappa shape index (κ3) is 4.47. The van der Waals surface area contributed by atoms with Crippen LogP contribution >= 0.6 is 0 Å². The standard InChI is InChI=1S/C21H31N3O2/c1-6-18-11-8-12-19(24(18)7-2)21(26)23-13-9-10-17(14-23)22-16(5)20(25)15(3)4/h6-8,11-12,15,17,20,22,25H,2,5,9-10,13-14H2,1,3-4H3/b18-6-. The Labute approximate surface area is 157 Å². The van der Waals surface area contributed by atoms with Gasteiger partial charge in [-0.2, -0.15) is 0 Å². The molecule has 26 heavy (non-hydrogen) atoms. The summed E-state index contributed by atoms with van der Waals surface area (Å²) in [4.78, 5) is 16.8. The summed E-state index contributed by atoms with van der Waals surface area (Å²) in [5.74, 6) is 0.103. The van der Waals surface area contributed by atoms with E-state index in [-0.39, 0.29) is 17.9 Å². The van der Waals surface area contributed by atoms with Crippen molar-refractivity contribution < 1.29 is 9.90 Å². The predicted molar refractivity (Wildman–Crippen MR) is 106 cm³/mol. The molecule has 0 aromatic carbocycles. The zero-order valence-electron chi connectivity index (χ0n) is 16.1. The lowest BCUT2D eigenvalue weighted by Crippen LogP contribution is -2.50. The number of nitrogens with one attached hydrogen (secondary N) is 1. The number of hydrogen-bond donors (Lipinski definition) is 2. The maximum Gasteiger partial charge on any atom is 0.270 e. The Morgan fingerprint density at radius 2 is 2.19 bits per heavy atom. The Morgan fingerprint density at radius 3 is 2.81 bits per heavy atom. The van der Waals surface area contributed by atoms with Crippen LogP contribution in [0, 0.1) is 5.92 Å². The monoisotopic (exact) mass is 357 g/mol. The van der Waals surface area contributed by atoms with Gasteiger partial charge in [0.15, 0.2) is 0 Å². The molecule has 2 rings (SSSR count).